The van der Waals surface area contributed by atoms with Crippen LogP contribution in [-0.2, 0) is 16.4 Å². The molecule has 2 aromatic rings. The van der Waals surface area contributed by atoms with Crippen molar-refractivity contribution in [3.63, 3.8) is 0 Å². The second kappa shape index (κ2) is 6.34. The number of hydrogen-bond donors (Lipinski definition) is 2. The molecule has 0 saturated heterocycles. The molecule has 1 aromatic heterocycles. The maximum atomic E-state index is 12.2. The lowest BCUT2D eigenvalue weighted by atomic mass is 10.1. The third kappa shape index (κ3) is 3.78. The van der Waals surface area contributed by atoms with Gasteiger partial charge in [0.25, 0.3) is 10.0 Å². The molecule has 0 radical (unpaired) electrons. The number of aryl methyl sites for hydroxylation is 2. The van der Waals surface area contributed by atoms with Crippen LogP contribution in [0, 0.1) is 6.92 Å². The molecule has 108 valence electrons. The van der Waals surface area contributed by atoms with Crippen LogP contribution in [0.1, 0.15) is 17.7 Å². The molecule has 1 heterocycles. The van der Waals surface area contributed by atoms with Gasteiger partial charge in [-0.1, -0.05) is 12.1 Å². The Labute approximate surface area is 122 Å². The first kappa shape index (κ1) is 15.0. The molecule has 1 aromatic carbocycles. The van der Waals surface area contributed by atoms with Crippen molar-refractivity contribution in [1.29, 1.82) is 0 Å². The lowest BCUT2D eigenvalue weighted by Crippen LogP contribution is -2.12. The van der Waals surface area contributed by atoms with Crippen LogP contribution < -0.4 is 4.72 Å². The monoisotopic (exact) mass is 312 g/mol. The van der Waals surface area contributed by atoms with Gasteiger partial charge in [0, 0.05) is 12.0 Å². The van der Waals surface area contributed by atoms with Crippen molar-refractivity contribution in [2.75, 3.05) is 11.3 Å². The summed E-state index contributed by atoms with van der Waals surface area (Å²) in [5.41, 5.74) is 1.79. The number of thiazole rings is 1. The van der Waals surface area contributed by atoms with Crippen LogP contribution >= 0.6 is 11.3 Å². The summed E-state index contributed by atoms with van der Waals surface area (Å²) in [7, 11) is -3.59. The van der Waals surface area contributed by atoms with Gasteiger partial charge < -0.3 is 5.11 Å². The van der Waals surface area contributed by atoms with Gasteiger partial charge in [0.15, 0.2) is 5.13 Å². The number of aliphatic hydroxyl groups excluding tert-OH is 1. The van der Waals surface area contributed by atoms with Crippen LogP contribution in [0.4, 0.5) is 5.13 Å². The van der Waals surface area contributed by atoms with Gasteiger partial charge in [-0.3, -0.25) is 4.72 Å². The Balaban J connectivity index is 2.13. The normalized spacial score (nSPS) is 11.5. The van der Waals surface area contributed by atoms with Gasteiger partial charge >= 0.3 is 0 Å². The van der Waals surface area contributed by atoms with Gasteiger partial charge in [0.05, 0.1) is 10.6 Å². The number of aliphatic hydroxyl groups is 1. The van der Waals surface area contributed by atoms with E-state index in [0.29, 0.717) is 11.6 Å². The number of aromatic nitrogens is 1. The highest BCUT2D eigenvalue weighted by Gasteiger charge is 2.15. The van der Waals surface area contributed by atoms with Crippen molar-refractivity contribution >= 4 is 26.5 Å². The zero-order valence-corrected chi connectivity index (χ0v) is 12.7. The number of nitrogens with zero attached hydrogens (tertiary/aromatic N) is 1. The molecule has 0 bridgehead atoms. The Morgan fingerprint density at radius 3 is 2.55 bits per heavy atom. The topological polar surface area (TPSA) is 79.3 Å². The Morgan fingerprint density at radius 1 is 1.30 bits per heavy atom. The van der Waals surface area contributed by atoms with Gasteiger partial charge in [0.1, 0.15) is 0 Å². The first-order valence-corrected chi connectivity index (χ1v) is 8.52. The van der Waals surface area contributed by atoms with E-state index in [4.69, 9.17) is 5.11 Å². The quantitative estimate of drug-likeness (QED) is 0.857. The average Bonchev–Trinajstić information content (AvgIpc) is 2.81. The number of nitrogens with one attached hydrogen (secondary N) is 1. The Kier molecular flexibility index (Phi) is 4.74. The van der Waals surface area contributed by atoms with Crippen molar-refractivity contribution in [1.82, 2.24) is 4.98 Å². The fraction of sp³-hybridized carbons (Fsp3) is 0.308. The number of hydrogen-bond acceptors (Lipinski definition) is 5. The third-order valence-electron chi connectivity index (χ3n) is 2.70. The van der Waals surface area contributed by atoms with Gasteiger partial charge in [-0.15, -0.1) is 11.3 Å². The van der Waals surface area contributed by atoms with E-state index in [1.807, 2.05) is 6.92 Å². The second-order valence-electron chi connectivity index (χ2n) is 4.37. The Hall–Kier alpha value is -1.44. The maximum absolute atomic E-state index is 12.2. The van der Waals surface area contributed by atoms with Crippen molar-refractivity contribution in [2.45, 2.75) is 24.7 Å². The smallest absolute Gasteiger partial charge is 0.263 e. The first-order valence-electron chi connectivity index (χ1n) is 6.16. The van der Waals surface area contributed by atoms with Crippen LogP contribution in [0.2, 0.25) is 0 Å². The summed E-state index contributed by atoms with van der Waals surface area (Å²) in [6.45, 7) is 1.94. The molecule has 0 aliphatic rings. The molecule has 0 atom stereocenters. The Bertz CT molecular complexity index is 663. The standard InChI is InChI=1S/C13H16N2O3S2/c1-10-9-19-13(14-10)15-20(17,18)12-6-4-11(5-7-12)3-2-8-16/h4-7,9,16H,2-3,8H2,1H3,(H,14,15). The minimum absolute atomic E-state index is 0.130. The van der Waals surface area contributed by atoms with E-state index in [0.717, 1.165) is 17.7 Å². The molecular weight excluding hydrogens is 296 g/mol. The number of benzene rings is 1. The van der Waals surface area contributed by atoms with Crippen LogP contribution in [0.15, 0.2) is 34.5 Å². The average molecular weight is 312 g/mol. The fourth-order valence-electron chi connectivity index (χ4n) is 1.69. The van der Waals surface area contributed by atoms with Crippen molar-refractivity contribution in [2.24, 2.45) is 0 Å². The number of anilines is 1. The molecule has 0 saturated carbocycles. The highest BCUT2D eigenvalue weighted by Crippen LogP contribution is 2.20. The van der Waals surface area contributed by atoms with Crippen LogP contribution in [-0.4, -0.2) is 25.1 Å². The van der Waals surface area contributed by atoms with Gasteiger partial charge in [-0.05, 0) is 37.5 Å². The van der Waals surface area contributed by atoms with E-state index in [9.17, 15) is 8.42 Å². The molecule has 2 rings (SSSR count). The zero-order valence-electron chi connectivity index (χ0n) is 11.0. The third-order valence-corrected chi connectivity index (χ3v) is 5.06. The fourth-order valence-corrected chi connectivity index (χ4v) is 3.63. The van der Waals surface area contributed by atoms with E-state index in [1.54, 1.807) is 29.6 Å². The van der Waals surface area contributed by atoms with E-state index < -0.39 is 10.0 Å². The minimum Gasteiger partial charge on any atom is -0.396 e. The van der Waals surface area contributed by atoms with E-state index in [1.165, 1.54) is 11.3 Å². The van der Waals surface area contributed by atoms with Gasteiger partial charge in [0.2, 0.25) is 0 Å². The summed E-state index contributed by atoms with van der Waals surface area (Å²) in [6, 6.07) is 6.65. The highest BCUT2D eigenvalue weighted by atomic mass is 32.2. The van der Waals surface area contributed by atoms with Crippen LogP contribution in [0.25, 0.3) is 0 Å². The van der Waals surface area contributed by atoms with E-state index >= 15 is 0 Å². The lowest BCUT2D eigenvalue weighted by Gasteiger charge is -2.06. The SMILES string of the molecule is Cc1csc(NS(=O)(=O)c2ccc(CCCO)cc2)n1. The zero-order chi connectivity index (χ0) is 14.6. The maximum Gasteiger partial charge on any atom is 0.263 e. The van der Waals surface area contributed by atoms with Gasteiger partial charge in [-0.25, -0.2) is 13.4 Å². The Morgan fingerprint density at radius 2 is 2.00 bits per heavy atom. The molecule has 0 fully saturated rings. The molecule has 20 heavy (non-hydrogen) atoms. The van der Waals surface area contributed by atoms with E-state index in [-0.39, 0.29) is 11.5 Å². The molecular formula is C13H16N2O3S2. The number of rotatable bonds is 6. The predicted octanol–water partition coefficient (Wildman–Crippen LogP) is 2.18. The summed E-state index contributed by atoms with van der Waals surface area (Å²) < 4.78 is 26.8. The van der Waals surface area contributed by atoms with Crippen molar-refractivity contribution in [3.8, 4) is 0 Å². The number of sulfonamides is 1. The molecule has 0 amide bonds. The minimum atomic E-state index is -3.59. The first-order chi connectivity index (χ1) is 9.51. The van der Waals surface area contributed by atoms with Gasteiger partial charge in [-0.2, -0.15) is 0 Å². The molecule has 5 nitrogen and oxygen atoms in total. The van der Waals surface area contributed by atoms with E-state index in [2.05, 4.69) is 9.71 Å². The highest BCUT2D eigenvalue weighted by molar-refractivity contribution is 7.93. The second-order valence-corrected chi connectivity index (χ2v) is 6.91. The predicted molar refractivity (Wildman–Crippen MR) is 79.5 cm³/mol. The molecule has 0 aliphatic carbocycles. The van der Waals surface area contributed by atoms with Crippen LogP contribution in [0.5, 0.6) is 0 Å². The molecule has 7 heteroatoms. The summed E-state index contributed by atoms with van der Waals surface area (Å²) in [6.07, 6.45) is 1.40. The molecule has 0 unspecified atom stereocenters. The molecule has 0 aliphatic heterocycles. The summed E-state index contributed by atoms with van der Waals surface area (Å²) in [4.78, 5) is 4.29. The molecule has 0 spiro atoms. The van der Waals surface area contributed by atoms with Crippen molar-refractivity contribution in [3.05, 3.63) is 40.9 Å². The van der Waals surface area contributed by atoms with Crippen molar-refractivity contribution < 1.29 is 13.5 Å². The lowest BCUT2D eigenvalue weighted by molar-refractivity contribution is 0.288. The summed E-state index contributed by atoms with van der Waals surface area (Å²) in [5.74, 6) is 0. The largest absolute Gasteiger partial charge is 0.396 e. The summed E-state index contributed by atoms with van der Waals surface area (Å²) in [5, 5.41) is 10.9. The molecule has 2 N–H and O–H groups in total. The van der Waals surface area contributed by atoms with Crippen LogP contribution in [0.3, 0.4) is 0 Å². The summed E-state index contributed by atoms with van der Waals surface area (Å²) >= 11 is 1.26.